The van der Waals surface area contributed by atoms with Gasteiger partial charge in [-0.3, -0.25) is 4.21 Å². The molecule has 4 rings (SSSR count). The summed E-state index contributed by atoms with van der Waals surface area (Å²) in [6.07, 6.45) is 11.1. The number of hydrogen-bond acceptors (Lipinski definition) is 4. The van der Waals surface area contributed by atoms with Crippen molar-refractivity contribution in [3.05, 3.63) is 53.6 Å². The highest BCUT2D eigenvalue weighted by Gasteiger charge is 2.28. The molecule has 0 amide bonds. The van der Waals surface area contributed by atoms with Crippen LogP contribution in [0.15, 0.2) is 52.4 Å². The van der Waals surface area contributed by atoms with Crippen molar-refractivity contribution in [1.82, 2.24) is 0 Å². The summed E-state index contributed by atoms with van der Waals surface area (Å²) in [5.74, 6) is 2.26. The van der Waals surface area contributed by atoms with Crippen LogP contribution in [0.3, 0.4) is 0 Å². The normalized spacial score (nSPS) is 18.6. The molecule has 0 aromatic heterocycles. The number of ether oxygens (including phenoxy) is 2. The van der Waals surface area contributed by atoms with Crippen molar-refractivity contribution in [3.63, 3.8) is 0 Å². The van der Waals surface area contributed by atoms with Crippen LogP contribution in [0.2, 0.25) is 0 Å². The predicted molar refractivity (Wildman–Crippen MR) is 132 cm³/mol. The summed E-state index contributed by atoms with van der Waals surface area (Å²) in [6.45, 7) is 4.72. The molecular formula is C27H35NO3S. The van der Waals surface area contributed by atoms with Gasteiger partial charge < -0.3 is 9.47 Å². The van der Waals surface area contributed by atoms with Gasteiger partial charge in [-0.15, -0.1) is 0 Å². The Labute approximate surface area is 194 Å². The fourth-order valence-electron chi connectivity index (χ4n) is 4.63. The molecule has 1 aliphatic heterocycles. The predicted octanol–water partition coefficient (Wildman–Crippen LogP) is 7.02. The zero-order chi connectivity index (χ0) is 22.4. The van der Waals surface area contributed by atoms with Crippen LogP contribution in [0.25, 0.3) is 0 Å². The van der Waals surface area contributed by atoms with Crippen LogP contribution in [0.4, 0.5) is 5.69 Å². The van der Waals surface area contributed by atoms with Crippen LogP contribution in [0, 0.1) is 0 Å². The van der Waals surface area contributed by atoms with Crippen LogP contribution in [0.1, 0.15) is 82.3 Å². The van der Waals surface area contributed by atoms with Crippen molar-refractivity contribution in [2.45, 2.75) is 81.6 Å². The molecule has 4 nitrogen and oxygen atoms in total. The van der Waals surface area contributed by atoms with Gasteiger partial charge in [0.25, 0.3) is 0 Å². The molecule has 0 N–H and O–H groups in total. The van der Waals surface area contributed by atoms with E-state index in [-0.39, 0.29) is 0 Å². The number of fused-ring (bicyclic) bond motifs is 1. The largest absolute Gasteiger partial charge is 0.494 e. The van der Waals surface area contributed by atoms with E-state index in [9.17, 15) is 4.21 Å². The van der Waals surface area contributed by atoms with E-state index in [4.69, 9.17) is 9.47 Å². The molecule has 0 saturated heterocycles. The Kier molecular flexibility index (Phi) is 7.67. The quantitative estimate of drug-likeness (QED) is 0.383. The van der Waals surface area contributed by atoms with E-state index in [0.29, 0.717) is 18.3 Å². The molecule has 2 aliphatic rings. The number of hydrogen-bond donors (Lipinski definition) is 0. The second-order valence-corrected chi connectivity index (χ2v) is 11.0. The molecule has 0 radical (unpaired) electrons. The Morgan fingerprint density at radius 2 is 1.81 bits per heavy atom. The Morgan fingerprint density at radius 3 is 2.59 bits per heavy atom. The monoisotopic (exact) mass is 453 g/mol. The first-order valence-electron chi connectivity index (χ1n) is 12.0. The lowest BCUT2D eigenvalue weighted by Crippen LogP contribution is -2.23. The van der Waals surface area contributed by atoms with E-state index in [0.717, 1.165) is 41.2 Å². The molecule has 32 heavy (non-hydrogen) atoms. The summed E-state index contributed by atoms with van der Waals surface area (Å²) >= 11 is 0. The average molecular weight is 454 g/mol. The van der Waals surface area contributed by atoms with E-state index in [1.807, 2.05) is 32.0 Å². The summed E-state index contributed by atoms with van der Waals surface area (Å²) in [7, 11) is -0.917. The van der Waals surface area contributed by atoms with Gasteiger partial charge >= 0.3 is 0 Å². The van der Waals surface area contributed by atoms with E-state index < -0.39 is 16.4 Å². The smallest absolute Gasteiger partial charge is 0.175 e. The third-order valence-corrected chi connectivity index (χ3v) is 8.08. The molecule has 2 aromatic carbocycles. The topological polar surface area (TPSA) is 47.9 Å². The lowest BCUT2D eigenvalue weighted by molar-refractivity contribution is 0.0998. The highest BCUT2D eigenvalue weighted by atomic mass is 32.2. The average Bonchev–Trinajstić information content (AvgIpc) is 2.82. The van der Waals surface area contributed by atoms with Crippen molar-refractivity contribution < 1.29 is 13.7 Å². The zero-order valence-electron chi connectivity index (χ0n) is 19.3. The Balaban J connectivity index is 1.17. The van der Waals surface area contributed by atoms with E-state index in [2.05, 4.69) is 29.3 Å². The fourth-order valence-corrected chi connectivity index (χ4v) is 5.77. The van der Waals surface area contributed by atoms with Gasteiger partial charge in [0, 0.05) is 16.2 Å². The first-order chi connectivity index (χ1) is 15.5. The van der Waals surface area contributed by atoms with Gasteiger partial charge in [-0.2, -0.15) is 0 Å². The summed E-state index contributed by atoms with van der Waals surface area (Å²) in [5.41, 5.74) is 3.01. The minimum absolute atomic E-state index is 0.394. The van der Waals surface area contributed by atoms with Crippen LogP contribution < -0.4 is 4.74 Å². The molecule has 1 unspecified atom stereocenters. The second kappa shape index (κ2) is 10.7. The zero-order valence-corrected chi connectivity index (χ0v) is 20.2. The molecule has 1 saturated carbocycles. The lowest BCUT2D eigenvalue weighted by Gasteiger charge is -2.29. The highest BCUT2D eigenvalue weighted by molar-refractivity contribution is 7.85. The number of rotatable bonds is 9. The van der Waals surface area contributed by atoms with Crippen molar-refractivity contribution in [2.75, 3.05) is 12.4 Å². The summed E-state index contributed by atoms with van der Waals surface area (Å²) in [6, 6.07) is 14.5. The molecule has 172 valence electrons. The minimum Gasteiger partial charge on any atom is -0.494 e. The molecule has 0 spiro atoms. The maximum atomic E-state index is 12.6. The molecule has 5 heteroatoms. The molecule has 0 bridgehead atoms. The first kappa shape index (κ1) is 23.0. The minimum atomic E-state index is -0.917. The lowest BCUT2D eigenvalue weighted by atomic mass is 9.84. The summed E-state index contributed by atoms with van der Waals surface area (Å²) in [4.78, 5) is 5.25. The summed E-state index contributed by atoms with van der Waals surface area (Å²) < 4.78 is 24.2. The van der Waals surface area contributed by atoms with Gasteiger partial charge in [0.05, 0.1) is 23.1 Å². The fraction of sp³-hybridized carbons (Fsp3) is 0.519. The van der Waals surface area contributed by atoms with Crippen LogP contribution in [-0.2, 0) is 21.1 Å². The molecule has 2 aromatic rings. The third-order valence-electron chi connectivity index (χ3n) is 6.62. The molecule has 1 aliphatic carbocycles. The number of aliphatic imine (C=N–C) groups is 1. The standard InChI is InChI=1S/C27H35NO3S/c1-27(2)25-19-23(13-16-26(25)28-20-31-27)30-17-7-4-8-18-32(29)24-14-11-22(12-15-24)21-9-5-3-6-10-21/h11-16,19-21H,3-10,17-18H2,1-2H3. The summed E-state index contributed by atoms with van der Waals surface area (Å²) in [5, 5.41) is 0. The van der Waals surface area contributed by atoms with Crippen molar-refractivity contribution in [1.29, 1.82) is 0 Å². The molecule has 1 atom stereocenters. The van der Waals surface area contributed by atoms with E-state index >= 15 is 0 Å². The highest BCUT2D eigenvalue weighted by Crippen LogP contribution is 2.38. The van der Waals surface area contributed by atoms with Crippen molar-refractivity contribution in [3.8, 4) is 5.75 Å². The number of benzene rings is 2. The van der Waals surface area contributed by atoms with E-state index in [1.54, 1.807) is 0 Å². The maximum Gasteiger partial charge on any atom is 0.175 e. The van der Waals surface area contributed by atoms with Gasteiger partial charge in [-0.05, 0) is 87.8 Å². The SMILES string of the molecule is CC1(C)OC=Nc2ccc(OCCCCCS(=O)c3ccc(C4CCCCC4)cc3)cc21. The van der Waals surface area contributed by atoms with Gasteiger partial charge in [0.1, 0.15) is 11.4 Å². The Hall–Kier alpha value is -2.14. The third kappa shape index (κ3) is 5.80. The molecule has 1 fully saturated rings. The van der Waals surface area contributed by atoms with Crippen LogP contribution >= 0.6 is 0 Å². The van der Waals surface area contributed by atoms with Crippen molar-refractivity contribution >= 4 is 22.9 Å². The molecular weight excluding hydrogens is 418 g/mol. The number of nitrogens with zero attached hydrogens (tertiary/aromatic N) is 1. The maximum absolute atomic E-state index is 12.6. The van der Waals surface area contributed by atoms with Gasteiger partial charge in [0.15, 0.2) is 6.40 Å². The second-order valence-electron chi connectivity index (χ2n) is 9.40. The van der Waals surface area contributed by atoms with Gasteiger partial charge in [-0.1, -0.05) is 31.4 Å². The Bertz CT molecular complexity index is 946. The van der Waals surface area contributed by atoms with E-state index in [1.165, 1.54) is 44.1 Å². The first-order valence-corrected chi connectivity index (χ1v) is 13.3. The number of unbranched alkanes of at least 4 members (excludes halogenated alkanes) is 2. The van der Waals surface area contributed by atoms with Gasteiger partial charge in [-0.25, -0.2) is 4.99 Å². The Morgan fingerprint density at radius 1 is 1.03 bits per heavy atom. The van der Waals surface area contributed by atoms with Gasteiger partial charge in [0.2, 0.25) is 0 Å². The van der Waals surface area contributed by atoms with Crippen LogP contribution in [0.5, 0.6) is 5.75 Å². The van der Waals surface area contributed by atoms with Crippen LogP contribution in [-0.4, -0.2) is 23.0 Å². The molecule has 1 heterocycles. The van der Waals surface area contributed by atoms with Crippen molar-refractivity contribution in [2.24, 2.45) is 4.99 Å².